The summed E-state index contributed by atoms with van der Waals surface area (Å²) < 4.78 is 5.08. The van der Waals surface area contributed by atoms with Gasteiger partial charge >= 0.3 is 0 Å². The molecule has 0 unspecified atom stereocenters. The second-order valence-electron chi connectivity index (χ2n) is 4.64. The number of amides is 1. The van der Waals surface area contributed by atoms with Gasteiger partial charge < -0.3 is 10.1 Å². The molecule has 2 aromatic rings. The van der Waals surface area contributed by atoms with E-state index in [-0.39, 0.29) is 5.91 Å². The van der Waals surface area contributed by atoms with Gasteiger partial charge in [-0.1, -0.05) is 30.3 Å². The lowest BCUT2D eigenvalue weighted by Gasteiger charge is -2.25. The van der Waals surface area contributed by atoms with Gasteiger partial charge in [0.2, 0.25) is 0 Å². The van der Waals surface area contributed by atoms with Crippen LogP contribution in [0.4, 0.5) is 0 Å². The van der Waals surface area contributed by atoms with Crippen LogP contribution in [-0.2, 0) is 4.74 Å². The minimum absolute atomic E-state index is 0.0977. The van der Waals surface area contributed by atoms with E-state index in [1.165, 1.54) is 0 Å². The molecule has 0 bridgehead atoms. The van der Waals surface area contributed by atoms with Gasteiger partial charge in [0.25, 0.3) is 5.91 Å². The number of nitrogens with zero attached hydrogens (tertiary/aromatic N) is 1. The first kappa shape index (κ1) is 11.9. The zero-order valence-electron chi connectivity index (χ0n) is 10.4. The van der Waals surface area contributed by atoms with Crippen molar-refractivity contribution in [2.45, 2.75) is 0 Å². The van der Waals surface area contributed by atoms with Gasteiger partial charge in [0, 0.05) is 18.0 Å². The van der Waals surface area contributed by atoms with Crippen LogP contribution in [0.2, 0.25) is 0 Å². The number of carbonyl (C=O) groups excluding carboxylic acids is 1. The molecule has 5 nitrogen and oxygen atoms in total. The lowest BCUT2D eigenvalue weighted by Crippen LogP contribution is -2.39. The van der Waals surface area contributed by atoms with Crippen molar-refractivity contribution >= 4 is 5.91 Å². The van der Waals surface area contributed by atoms with Crippen LogP contribution < -0.4 is 5.32 Å². The van der Waals surface area contributed by atoms with Crippen LogP contribution in [0.25, 0.3) is 11.3 Å². The Hall–Kier alpha value is -2.14. The van der Waals surface area contributed by atoms with E-state index in [4.69, 9.17) is 4.74 Å². The van der Waals surface area contributed by atoms with Crippen LogP contribution in [0.3, 0.4) is 0 Å². The highest BCUT2D eigenvalue weighted by Gasteiger charge is 2.21. The summed E-state index contributed by atoms with van der Waals surface area (Å²) in [5, 5.41) is 9.77. The number of hydrogen-bond acceptors (Lipinski definition) is 3. The number of benzene rings is 1. The molecule has 2 N–H and O–H groups in total. The van der Waals surface area contributed by atoms with E-state index < -0.39 is 0 Å². The molecule has 0 radical (unpaired) electrons. The standard InChI is InChI=1S/C14H15N3O2/c18-14(15-6-10-8-19-9-10)12-7-16-17-13(12)11-4-2-1-3-5-11/h1-5,7,10H,6,8-9H2,(H,15,18)(H,16,17). The van der Waals surface area contributed by atoms with Crippen molar-refractivity contribution < 1.29 is 9.53 Å². The predicted octanol–water partition coefficient (Wildman–Crippen LogP) is 1.45. The fourth-order valence-electron chi connectivity index (χ4n) is 2.02. The summed E-state index contributed by atoms with van der Waals surface area (Å²) in [5.74, 6) is 0.343. The molecule has 98 valence electrons. The Morgan fingerprint density at radius 3 is 2.84 bits per heavy atom. The summed E-state index contributed by atoms with van der Waals surface area (Å²) in [6.45, 7) is 2.12. The van der Waals surface area contributed by atoms with Crippen molar-refractivity contribution in [1.82, 2.24) is 15.5 Å². The molecule has 1 amide bonds. The fraction of sp³-hybridized carbons (Fsp3) is 0.286. The van der Waals surface area contributed by atoms with E-state index >= 15 is 0 Å². The monoisotopic (exact) mass is 257 g/mol. The highest BCUT2D eigenvalue weighted by atomic mass is 16.5. The molecule has 19 heavy (non-hydrogen) atoms. The second kappa shape index (κ2) is 5.24. The van der Waals surface area contributed by atoms with E-state index in [1.54, 1.807) is 6.20 Å². The summed E-state index contributed by atoms with van der Waals surface area (Å²) in [6, 6.07) is 9.71. The van der Waals surface area contributed by atoms with Crippen LogP contribution in [0.5, 0.6) is 0 Å². The van der Waals surface area contributed by atoms with Crippen LogP contribution in [0.15, 0.2) is 36.5 Å². The zero-order valence-corrected chi connectivity index (χ0v) is 10.4. The number of aromatic nitrogens is 2. The number of carbonyl (C=O) groups is 1. The molecule has 1 saturated heterocycles. The third-order valence-electron chi connectivity index (χ3n) is 3.20. The molecular weight excluding hydrogens is 242 g/mol. The molecule has 0 aliphatic carbocycles. The topological polar surface area (TPSA) is 67.0 Å². The summed E-state index contributed by atoms with van der Waals surface area (Å²) >= 11 is 0. The fourth-order valence-corrected chi connectivity index (χ4v) is 2.02. The normalized spacial score (nSPS) is 14.9. The molecular formula is C14H15N3O2. The Morgan fingerprint density at radius 2 is 2.16 bits per heavy atom. The quantitative estimate of drug-likeness (QED) is 0.871. The molecule has 3 rings (SSSR count). The van der Waals surface area contributed by atoms with Crippen molar-refractivity contribution in [2.24, 2.45) is 5.92 Å². The molecule has 2 heterocycles. The molecule has 0 spiro atoms. The number of aromatic amines is 1. The first-order valence-corrected chi connectivity index (χ1v) is 6.29. The van der Waals surface area contributed by atoms with Gasteiger partial charge in [-0.2, -0.15) is 5.10 Å². The van der Waals surface area contributed by atoms with Gasteiger partial charge in [-0.3, -0.25) is 9.89 Å². The minimum atomic E-state index is -0.0977. The Kier molecular flexibility index (Phi) is 3.29. The van der Waals surface area contributed by atoms with Crippen molar-refractivity contribution in [3.8, 4) is 11.3 Å². The molecule has 1 aliphatic heterocycles. The lowest BCUT2D eigenvalue weighted by molar-refractivity contribution is -0.0298. The first-order valence-electron chi connectivity index (χ1n) is 6.29. The van der Waals surface area contributed by atoms with Gasteiger partial charge in [0.1, 0.15) is 0 Å². The van der Waals surface area contributed by atoms with Gasteiger partial charge in [-0.05, 0) is 0 Å². The lowest BCUT2D eigenvalue weighted by atomic mass is 10.1. The van der Waals surface area contributed by atoms with Gasteiger partial charge in [0.05, 0.1) is 30.7 Å². The first-order chi connectivity index (χ1) is 9.34. The van der Waals surface area contributed by atoms with Crippen LogP contribution in [-0.4, -0.2) is 35.9 Å². The van der Waals surface area contributed by atoms with Crippen molar-refractivity contribution in [2.75, 3.05) is 19.8 Å². The third-order valence-corrected chi connectivity index (χ3v) is 3.20. The zero-order chi connectivity index (χ0) is 13.1. The number of rotatable bonds is 4. The SMILES string of the molecule is O=C(NCC1COC1)c1cn[nH]c1-c1ccccc1. The summed E-state index contributed by atoms with van der Waals surface area (Å²) in [4.78, 5) is 12.1. The average Bonchev–Trinajstić information content (AvgIpc) is 2.87. The molecule has 1 aromatic carbocycles. The maximum absolute atomic E-state index is 12.1. The second-order valence-corrected chi connectivity index (χ2v) is 4.64. The van der Waals surface area contributed by atoms with Crippen LogP contribution >= 0.6 is 0 Å². The smallest absolute Gasteiger partial charge is 0.255 e. The van der Waals surface area contributed by atoms with Crippen LogP contribution in [0, 0.1) is 5.92 Å². The summed E-state index contributed by atoms with van der Waals surface area (Å²) in [5.41, 5.74) is 2.28. The molecule has 1 aromatic heterocycles. The third kappa shape index (κ3) is 2.51. The Labute approximate surface area is 111 Å². The number of nitrogens with one attached hydrogen (secondary N) is 2. The van der Waals surface area contributed by atoms with E-state index in [2.05, 4.69) is 15.5 Å². The molecule has 1 fully saturated rings. The van der Waals surface area contributed by atoms with E-state index in [9.17, 15) is 4.79 Å². The average molecular weight is 257 g/mol. The van der Waals surface area contributed by atoms with Gasteiger partial charge in [-0.25, -0.2) is 0 Å². The Morgan fingerprint density at radius 1 is 1.37 bits per heavy atom. The maximum atomic E-state index is 12.1. The van der Waals surface area contributed by atoms with Gasteiger partial charge in [-0.15, -0.1) is 0 Å². The van der Waals surface area contributed by atoms with Gasteiger partial charge in [0.15, 0.2) is 0 Å². The number of hydrogen-bond donors (Lipinski definition) is 2. The molecule has 5 heteroatoms. The molecule has 1 aliphatic rings. The Balaban J connectivity index is 1.74. The van der Waals surface area contributed by atoms with E-state index in [1.807, 2.05) is 30.3 Å². The van der Waals surface area contributed by atoms with Crippen LogP contribution in [0.1, 0.15) is 10.4 Å². The Bertz CT molecular complexity index is 561. The highest BCUT2D eigenvalue weighted by Crippen LogP contribution is 2.20. The summed E-state index contributed by atoms with van der Waals surface area (Å²) in [7, 11) is 0. The van der Waals surface area contributed by atoms with Crippen molar-refractivity contribution in [3.05, 3.63) is 42.1 Å². The number of ether oxygens (including phenoxy) is 1. The van der Waals surface area contributed by atoms with E-state index in [0.717, 1.165) is 24.5 Å². The van der Waals surface area contributed by atoms with Crippen molar-refractivity contribution in [3.63, 3.8) is 0 Å². The highest BCUT2D eigenvalue weighted by molar-refractivity contribution is 5.99. The molecule has 0 atom stereocenters. The predicted molar refractivity (Wildman–Crippen MR) is 70.7 cm³/mol. The van der Waals surface area contributed by atoms with E-state index in [0.29, 0.717) is 18.0 Å². The summed E-state index contributed by atoms with van der Waals surface area (Å²) in [6.07, 6.45) is 1.56. The minimum Gasteiger partial charge on any atom is -0.381 e. The largest absolute Gasteiger partial charge is 0.381 e. The maximum Gasteiger partial charge on any atom is 0.255 e. The molecule has 0 saturated carbocycles. The van der Waals surface area contributed by atoms with Crippen molar-refractivity contribution in [1.29, 1.82) is 0 Å². The number of H-pyrrole nitrogens is 1.